The van der Waals surface area contributed by atoms with E-state index < -0.39 is 12.2 Å². The lowest BCUT2D eigenvalue weighted by Gasteiger charge is -2.09. The number of aromatic nitrogens is 2. The summed E-state index contributed by atoms with van der Waals surface area (Å²) in [7, 11) is 0. The summed E-state index contributed by atoms with van der Waals surface area (Å²) < 4.78 is 0. The molecule has 0 aliphatic carbocycles. The molecule has 0 fully saturated rings. The molecule has 0 saturated heterocycles. The largest absolute Gasteiger partial charge is 0.394 e. The molecule has 2 unspecified atom stereocenters. The van der Waals surface area contributed by atoms with Crippen LogP contribution in [0.4, 0.5) is 5.69 Å². The maximum Gasteiger partial charge on any atom is 0.135 e. The molecule has 1 aromatic carbocycles. The summed E-state index contributed by atoms with van der Waals surface area (Å²) in [6, 6.07) is 5.50. The highest BCUT2D eigenvalue weighted by Gasteiger charge is 2.08. The zero-order valence-electron chi connectivity index (χ0n) is 10.1. The number of aliphatic hydroxyl groups is 3. The minimum Gasteiger partial charge on any atom is -0.394 e. The van der Waals surface area contributed by atoms with Gasteiger partial charge in [-0.3, -0.25) is 0 Å². The summed E-state index contributed by atoms with van der Waals surface area (Å²) in [5.74, 6) is 0.526. The van der Waals surface area contributed by atoms with Crippen LogP contribution in [0.15, 0.2) is 18.2 Å². The number of aliphatic hydroxyl groups excluding tert-OH is 3. The Morgan fingerprint density at radius 1 is 1.39 bits per heavy atom. The van der Waals surface area contributed by atoms with Gasteiger partial charge >= 0.3 is 0 Å². The lowest BCUT2D eigenvalue weighted by atomic mass is 10.2. The van der Waals surface area contributed by atoms with Gasteiger partial charge in [0.15, 0.2) is 0 Å². The molecule has 1 aromatic heterocycles. The first-order valence-corrected chi connectivity index (χ1v) is 5.80. The lowest BCUT2D eigenvalue weighted by Crippen LogP contribution is -2.22. The van der Waals surface area contributed by atoms with Gasteiger partial charge in [-0.05, 0) is 25.1 Å². The molecule has 18 heavy (non-hydrogen) atoms. The smallest absolute Gasteiger partial charge is 0.135 e. The van der Waals surface area contributed by atoms with E-state index in [1.165, 1.54) is 0 Å². The molecular weight excluding hydrogens is 234 g/mol. The molecule has 6 nitrogen and oxygen atoms in total. The van der Waals surface area contributed by atoms with E-state index in [0.717, 1.165) is 16.7 Å². The molecule has 0 spiro atoms. The van der Waals surface area contributed by atoms with Gasteiger partial charge in [0.05, 0.1) is 23.7 Å². The number of aromatic amines is 1. The van der Waals surface area contributed by atoms with Crippen molar-refractivity contribution in [1.82, 2.24) is 9.97 Å². The molecule has 0 aliphatic heterocycles. The quantitative estimate of drug-likeness (QED) is 0.529. The highest BCUT2D eigenvalue weighted by molar-refractivity contribution is 5.79. The van der Waals surface area contributed by atoms with Gasteiger partial charge in [0.25, 0.3) is 0 Å². The van der Waals surface area contributed by atoms with Crippen molar-refractivity contribution >= 4 is 16.7 Å². The van der Waals surface area contributed by atoms with Crippen LogP contribution < -0.4 is 5.32 Å². The minimum atomic E-state index is -0.782. The Morgan fingerprint density at radius 2 is 2.17 bits per heavy atom. The van der Waals surface area contributed by atoms with Crippen molar-refractivity contribution in [2.75, 3.05) is 18.5 Å². The summed E-state index contributed by atoms with van der Waals surface area (Å²) in [6.07, 6.45) is -1.42. The second kappa shape index (κ2) is 5.34. The second-order valence-corrected chi connectivity index (χ2v) is 4.25. The van der Waals surface area contributed by atoms with E-state index in [1.807, 2.05) is 18.2 Å². The number of nitrogens with one attached hydrogen (secondary N) is 2. The third-order valence-corrected chi connectivity index (χ3v) is 2.65. The zero-order valence-corrected chi connectivity index (χ0v) is 10.1. The monoisotopic (exact) mass is 251 g/mol. The average Bonchev–Trinajstić information content (AvgIpc) is 2.79. The molecule has 0 radical (unpaired) electrons. The first-order valence-electron chi connectivity index (χ1n) is 5.80. The number of hydrogen-bond donors (Lipinski definition) is 5. The van der Waals surface area contributed by atoms with Gasteiger partial charge in [-0.1, -0.05) is 0 Å². The number of hydrogen-bond acceptors (Lipinski definition) is 5. The van der Waals surface area contributed by atoms with Crippen LogP contribution in [-0.4, -0.2) is 44.5 Å². The number of rotatable bonds is 5. The Hall–Kier alpha value is -1.63. The standard InChI is InChI=1S/C12H17N3O3/c1-7(17)12-14-10-3-2-8(4-11(10)15-12)13-5-9(18)6-16/h2-4,7,9,13,16-18H,5-6H2,1H3,(H,14,15). The van der Waals surface area contributed by atoms with E-state index in [2.05, 4.69) is 15.3 Å². The molecule has 98 valence electrons. The fraction of sp³-hybridized carbons (Fsp3) is 0.417. The highest BCUT2D eigenvalue weighted by atomic mass is 16.3. The summed E-state index contributed by atoms with van der Waals surface area (Å²) in [5, 5.41) is 30.4. The van der Waals surface area contributed by atoms with Crippen LogP contribution in [0.2, 0.25) is 0 Å². The number of anilines is 1. The predicted molar refractivity (Wildman–Crippen MR) is 68.3 cm³/mol. The number of H-pyrrole nitrogens is 1. The Kier molecular flexibility index (Phi) is 3.81. The van der Waals surface area contributed by atoms with E-state index in [1.54, 1.807) is 6.92 Å². The van der Waals surface area contributed by atoms with Crippen LogP contribution >= 0.6 is 0 Å². The van der Waals surface area contributed by atoms with E-state index in [9.17, 15) is 10.2 Å². The summed E-state index contributed by atoms with van der Waals surface area (Å²) in [5.41, 5.74) is 2.41. The van der Waals surface area contributed by atoms with E-state index in [0.29, 0.717) is 5.82 Å². The summed E-state index contributed by atoms with van der Waals surface area (Å²) in [4.78, 5) is 7.27. The normalized spacial score (nSPS) is 14.7. The van der Waals surface area contributed by atoms with Crippen LogP contribution in [0.3, 0.4) is 0 Å². The fourth-order valence-corrected chi connectivity index (χ4v) is 1.64. The van der Waals surface area contributed by atoms with Crippen molar-refractivity contribution in [3.8, 4) is 0 Å². The summed E-state index contributed by atoms with van der Waals surface area (Å²) >= 11 is 0. The third kappa shape index (κ3) is 2.79. The van der Waals surface area contributed by atoms with Crippen LogP contribution in [-0.2, 0) is 0 Å². The number of nitrogens with zero attached hydrogens (tertiary/aromatic N) is 1. The lowest BCUT2D eigenvalue weighted by molar-refractivity contribution is 0.105. The van der Waals surface area contributed by atoms with Crippen LogP contribution in [0.1, 0.15) is 18.9 Å². The molecular formula is C12H17N3O3. The zero-order chi connectivity index (χ0) is 13.1. The van der Waals surface area contributed by atoms with Gasteiger partial charge < -0.3 is 25.6 Å². The summed E-state index contributed by atoms with van der Waals surface area (Å²) in [6.45, 7) is 1.65. The van der Waals surface area contributed by atoms with Gasteiger partial charge in [0.2, 0.25) is 0 Å². The van der Waals surface area contributed by atoms with Crippen molar-refractivity contribution in [2.45, 2.75) is 19.1 Å². The first-order chi connectivity index (χ1) is 8.60. The van der Waals surface area contributed by atoms with Crippen molar-refractivity contribution < 1.29 is 15.3 Å². The Balaban J connectivity index is 2.16. The predicted octanol–water partition coefficient (Wildman–Crippen LogP) is 0.381. The molecule has 2 atom stereocenters. The van der Waals surface area contributed by atoms with Crippen LogP contribution in [0.25, 0.3) is 11.0 Å². The topological polar surface area (TPSA) is 101 Å². The molecule has 0 saturated carbocycles. The van der Waals surface area contributed by atoms with Gasteiger partial charge in [-0.25, -0.2) is 4.98 Å². The Morgan fingerprint density at radius 3 is 2.83 bits per heavy atom. The van der Waals surface area contributed by atoms with Crippen molar-refractivity contribution in [3.05, 3.63) is 24.0 Å². The van der Waals surface area contributed by atoms with Crippen molar-refractivity contribution in [1.29, 1.82) is 0 Å². The van der Waals surface area contributed by atoms with E-state index in [4.69, 9.17) is 5.11 Å². The van der Waals surface area contributed by atoms with Gasteiger partial charge in [-0.15, -0.1) is 0 Å². The number of imidazole rings is 1. The molecule has 5 N–H and O–H groups in total. The molecule has 6 heteroatoms. The fourth-order valence-electron chi connectivity index (χ4n) is 1.64. The van der Waals surface area contributed by atoms with E-state index >= 15 is 0 Å². The third-order valence-electron chi connectivity index (χ3n) is 2.65. The number of benzene rings is 1. The Bertz CT molecular complexity index is 524. The molecule has 2 aromatic rings. The molecule has 2 rings (SSSR count). The highest BCUT2D eigenvalue weighted by Crippen LogP contribution is 2.19. The number of fused-ring (bicyclic) bond motifs is 1. The van der Waals surface area contributed by atoms with Crippen molar-refractivity contribution in [3.63, 3.8) is 0 Å². The van der Waals surface area contributed by atoms with Crippen LogP contribution in [0, 0.1) is 0 Å². The molecule has 0 bridgehead atoms. The Labute approximate surface area is 104 Å². The van der Waals surface area contributed by atoms with Gasteiger partial charge in [0.1, 0.15) is 11.9 Å². The molecule has 0 amide bonds. The minimum absolute atomic E-state index is 0.272. The molecule has 0 aliphatic rings. The first kappa shape index (κ1) is 12.8. The van der Waals surface area contributed by atoms with Crippen molar-refractivity contribution in [2.24, 2.45) is 0 Å². The molecule has 1 heterocycles. The van der Waals surface area contributed by atoms with Gasteiger partial charge in [-0.2, -0.15) is 0 Å². The second-order valence-electron chi connectivity index (χ2n) is 4.25. The maximum atomic E-state index is 9.43. The SMILES string of the molecule is CC(O)c1nc2ccc(NCC(O)CO)cc2[nH]1. The average molecular weight is 251 g/mol. The van der Waals surface area contributed by atoms with Crippen LogP contribution in [0.5, 0.6) is 0 Å². The van der Waals surface area contributed by atoms with Gasteiger partial charge in [0, 0.05) is 12.2 Å². The van der Waals surface area contributed by atoms with E-state index in [-0.39, 0.29) is 13.2 Å². The maximum absolute atomic E-state index is 9.43.